The molecule has 0 spiro atoms. The number of methoxy groups -OCH3 is 1. The van der Waals surface area contributed by atoms with Crippen LogP contribution in [0.15, 0.2) is 18.3 Å². The Labute approximate surface area is 123 Å². The molecule has 21 heavy (non-hydrogen) atoms. The number of carbonyl (C=O) groups is 2. The van der Waals surface area contributed by atoms with Gasteiger partial charge in [-0.2, -0.15) is 0 Å². The van der Waals surface area contributed by atoms with Crippen molar-refractivity contribution in [3.8, 4) is 5.88 Å². The summed E-state index contributed by atoms with van der Waals surface area (Å²) in [5.74, 6) is -0.671. The van der Waals surface area contributed by atoms with E-state index in [1.165, 1.54) is 7.11 Å². The van der Waals surface area contributed by atoms with Crippen LogP contribution in [0.3, 0.4) is 0 Å². The zero-order valence-electron chi connectivity index (χ0n) is 12.2. The molecule has 0 aromatic carbocycles. The topological polar surface area (TPSA) is 83.0 Å². The molecule has 7 heteroatoms. The van der Waals surface area contributed by atoms with Gasteiger partial charge in [-0.1, -0.05) is 0 Å². The van der Waals surface area contributed by atoms with Gasteiger partial charge in [0, 0.05) is 32.4 Å². The Morgan fingerprint density at radius 1 is 1.33 bits per heavy atom. The quantitative estimate of drug-likeness (QED) is 0.861. The van der Waals surface area contributed by atoms with Crippen molar-refractivity contribution in [2.24, 2.45) is 0 Å². The standard InChI is InChI=1S/C14H19N3O4/c1-10(14(19)20)16-6-8-17(9-7-16)13(18)11-4-3-5-15-12(11)21-2/h3-5,10H,6-9H2,1-2H3,(H,19,20). The number of aromatic nitrogens is 1. The molecule has 1 amide bonds. The average molecular weight is 293 g/mol. The second kappa shape index (κ2) is 6.53. The molecule has 114 valence electrons. The van der Waals surface area contributed by atoms with E-state index >= 15 is 0 Å². The summed E-state index contributed by atoms with van der Waals surface area (Å²) in [6.45, 7) is 3.73. The maximum absolute atomic E-state index is 12.5. The predicted octanol–water partition coefficient (Wildman–Crippen LogP) is 0.321. The number of amides is 1. The summed E-state index contributed by atoms with van der Waals surface area (Å²) in [7, 11) is 1.48. The Kier molecular flexibility index (Phi) is 4.74. The molecule has 2 heterocycles. The minimum absolute atomic E-state index is 0.137. The van der Waals surface area contributed by atoms with E-state index in [2.05, 4.69) is 4.98 Å². The first kappa shape index (κ1) is 15.2. The molecule has 7 nitrogen and oxygen atoms in total. The molecular weight excluding hydrogens is 274 g/mol. The molecule has 1 fully saturated rings. The second-order valence-corrected chi connectivity index (χ2v) is 4.90. The van der Waals surface area contributed by atoms with Gasteiger partial charge in [0.05, 0.1) is 7.11 Å². The minimum Gasteiger partial charge on any atom is -0.480 e. The Morgan fingerprint density at radius 3 is 2.57 bits per heavy atom. The molecule has 1 unspecified atom stereocenters. The normalized spacial score (nSPS) is 17.3. The van der Waals surface area contributed by atoms with Gasteiger partial charge in [0.25, 0.3) is 5.91 Å². The van der Waals surface area contributed by atoms with Gasteiger partial charge in [-0.25, -0.2) is 4.98 Å². The third-order valence-corrected chi connectivity index (χ3v) is 3.70. The van der Waals surface area contributed by atoms with E-state index in [1.807, 2.05) is 4.90 Å². The van der Waals surface area contributed by atoms with Gasteiger partial charge in [-0.15, -0.1) is 0 Å². The summed E-state index contributed by atoms with van der Waals surface area (Å²) in [6.07, 6.45) is 1.57. The molecule has 1 atom stereocenters. The van der Waals surface area contributed by atoms with Crippen molar-refractivity contribution in [1.29, 1.82) is 0 Å². The number of carboxylic acids is 1. The lowest BCUT2D eigenvalue weighted by Gasteiger charge is -2.36. The number of carboxylic acid groups (broad SMARTS) is 1. The van der Waals surface area contributed by atoms with Crippen molar-refractivity contribution in [3.63, 3.8) is 0 Å². The first-order chi connectivity index (χ1) is 10.0. The van der Waals surface area contributed by atoms with Gasteiger partial charge in [0.2, 0.25) is 5.88 Å². The van der Waals surface area contributed by atoms with Gasteiger partial charge in [-0.3, -0.25) is 14.5 Å². The van der Waals surface area contributed by atoms with Crippen LogP contribution in [0.1, 0.15) is 17.3 Å². The molecule has 0 radical (unpaired) electrons. The highest BCUT2D eigenvalue weighted by Crippen LogP contribution is 2.17. The molecule has 0 aliphatic carbocycles. The first-order valence-electron chi connectivity index (χ1n) is 6.79. The monoisotopic (exact) mass is 293 g/mol. The maximum atomic E-state index is 12.5. The SMILES string of the molecule is COc1ncccc1C(=O)N1CCN(C(C)C(=O)O)CC1. The number of aliphatic carboxylic acids is 1. The van der Waals surface area contributed by atoms with Crippen LogP contribution < -0.4 is 4.74 Å². The molecule has 1 saturated heterocycles. The summed E-state index contributed by atoms with van der Waals surface area (Å²) in [5, 5.41) is 9.01. The number of carbonyl (C=O) groups excluding carboxylic acids is 1. The van der Waals surface area contributed by atoms with Crippen molar-refractivity contribution >= 4 is 11.9 Å². The molecule has 1 aliphatic heterocycles. The number of nitrogens with zero attached hydrogens (tertiary/aromatic N) is 3. The van der Waals surface area contributed by atoms with E-state index in [1.54, 1.807) is 30.2 Å². The van der Waals surface area contributed by atoms with Crippen LogP contribution in [0.4, 0.5) is 0 Å². The van der Waals surface area contributed by atoms with Gasteiger partial charge in [-0.05, 0) is 19.1 Å². The lowest BCUT2D eigenvalue weighted by atomic mass is 10.2. The zero-order chi connectivity index (χ0) is 15.4. The van der Waals surface area contributed by atoms with Crippen molar-refractivity contribution in [3.05, 3.63) is 23.9 Å². The molecule has 0 saturated carbocycles. The van der Waals surface area contributed by atoms with Crippen molar-refractivity contribution < 1.29 is 19.4 Å². The Hall–Kier alpha value is -2.15. The van der Waals surface area contributed by atoms with Crippen molar-refractivity contribution in [1.82, 2.24) is 14.8 Å². The molecular formula is C14H19N3O4. The van der Waals surface area contributed by atoms with E-state index in [-0.39, 0.29) is 5.91 Å². The highest BCUT2D eigenvalue weighted by Gasteiger charge is 2.28. The van der Waals surface area contributed by atoms with Crippen LogP contribution in [-0.2, 0) is 4.79 Å². The largest absolute Gasteiger partial charge is 0.480 e. The van der Waals surface area contributed by atoms with E-state index in [0.717, 1.165) is 0 Å². The number of ether oxygens (including phenoxy) is 1. The maximum Gasteiger partial charge on any atom is 0.320 e. The fraction of sp³-hybridized carbons (Fsp3) is 0.500. The summed E-state index contributed by atoms with van der Waals surface area (Å²) < 4.78 is 5.10. The Balaban J connectivity index is 2.02. The molecule has 1 aliphatic rings. The van der Waals surface area contributed by atoms with E-state index in [9.17, 15) is 9.59 Å². The van der Waals surface area contributed by atoms with Gasteiger partial charge < -0.3 is 14.7 Å². The van der Waals surface area contributed by atoms with Gasteiger partial charge >= 0.3 is 5.97 Å². The minimum atomic E-state index is -0.844. The number of rotatable bonds is 4. The number of hydrogen-bond acceptors (Lipinski definition) is 5. The average Bonchev–Trinajstić information content (AvgIpc) is 2.53. The van der Waals surface area contributed by atoms with Crippen LogP contribution in [0, 0.1) is 0 Å². The molecule has 2 rings (SSSR count). The lowest BCUT2D eigenvalue weighted by Crippen LogP contribution is -2.53. The summed E-state index contributed by atoms with van der Waals surface area (Å²) in [5.41, 5.74) is 0.430. The first-order valence-corrected chi connectivity index (χ1v) is 6.79. The van der Waals surface area contributed by atoms with Gasteiger partial charge in [0.1, 0.15) is 11.6 Å². The van der Waals surface area contributed by atoms with E-state index < -0.39 is 12.0 Å². The lowest BCUT2D eigenvalue weighted by molar-refractivity contribution is -0.143. The summed E-state index contributed by atoms with van der Waals surface area (Å²) >= 11 is 0. The molecule has 0 bridgehead atoms. The van der Waals surface area contributed by atoms with Gasteiger partial charge in [0.15, 0.2) is 0 Å². The third-order valence-electron chi connectivity index (χ3n) is 3.70. The van der Waals surface area contributed by atoms with Crippen molar-refractivity contribution in [2.45, 2.75) is 13.0 Å². The van der Waals surface area contributed by atoms with Crippen LogP contribution in [0.25, 0.3) is 0 Å². The predicted molar refractivity (Wildman–Crippen MR) is 75.4 cm³/mol. The number of piperazine rings is 1. The van der Waals surface area contributed by atoms with Crippen molar-refractivity contribution in [2.75, 3.05) is 33.3 Å². The summed E-state index contributed by atoms with van der Waals surface area (Å²) in [6, 6.07) is 2.84. The highest BCUT2D eigenvalue weighted by atomic mass is 16.5. The van der Waals surface area contributed by atoms with Crippen LogP contribution in [0.5, 0.6) is 5.88 Å². The van der Waals surface area contributed by atoms with Crippen LogP contribution in [0.2, 0.25) is 0 Å². The van der Waals surface area contributed by atoms with E-state index in [4.69, 9.17) is 9.84 Å². The fourth-order valence-electron chi connectivity index (χ4n) is 2.36. The fourth-order valence-corrected chi connectivity index (χ4v) is 2.36. The Bertz CT molecular complexity index is 527. The summed E-state index contributed by atoms with van der Waals surface area (Å²) in [4.78, 5) is 31.0. The van der Waals surface area contributed by atoms with E-state index in [0.29, 0.717) is 37.6 Å². The molecule has 1 aromatic heterocycles. The second-order valence-electron chi connectivity index (χ2n) is 4.90. The number of hydrogen-bond donors (Lipinski definition) is 1. The number of pyridine rings is 1. The third kappa shape index (κ3) is 3.30. The van der Waals surface area contributed by atoms with Crippen LogP contribution in [-0.4, -0.2) is 71.1 Å². The smallest absolute Gasteiger partial charge is 0.320 e. The highest BCUT2D eigenvalue weighted by molar-refractivity contribution is 5.96. The van der Waals surface area contributed by atoms with Crippen LogP contribution >= 0.6 is 0 Å². The molecule has 1 aromatic rings. The zero-order valence-corrected chi connectivity index (χ0v) is 12.2. The Morgan fingerprint density at radius 2 is 2.00 bits per heavy atom. The molecule has 1 N–H and O–H groups in total.